The third-order valence-electron chi connectivity index (χ3n) is 29.2. The Balaban J connectivity index is 0.000000184. The summed E-state index contributed by atoms with van der Waals surface area (Å²) in [6, 6.07) is 1.24. The number of amides is 5. The molecule has 0 radical (unpaired) electrons. The SMILES string of the molecule is CC1=C2C[C@H]3[C@@H](CC=C4C[C@@H](O)CC[C@@]43C)[C@@H]2CCC12O[C@@H]1C[C@H](C)CN(CCNC(=O)CCCCCN)[C@H]1[C@H]2C.CC1=C2C[C@H]3[C@@H](CC=C4C[C@@H](O)CC[C@@]43C)[C@@H]2CCC12O[C@@H]1C[C@H](C)CN(CCNC(=O)CCCCCNC(=O)CCCCC3SC[C@@H]4NC(=O)N[C@H]34)[C@H]1[C@H]2C. The van der Waals surface area contributed by atoms with E-state index in [0.29, 0.717) is 97.7 Å². The summed E-state index contributed by atoms with van der Waals surface area (Å²) < 4.78 is 14.6. The van der Waals surface area contributed by atoms with Crippen molar-refractivity contribution in [1.29, 1.82) is 0 Å². The second-order valence-corrected chi connectivity index (χ2v) is 36.0. The van der Waals surface area contributed by atoms with Crippen LogP contribution in [-0.4, -0.2) is 167 Å². The first-order valence-corrected chi connectivity index (χ1v) is 40.9. The molecule has 3 unspecified atom stereocenters. The number of nitrogens with one attached hydrogen (secondary N) is 5. The van der Waals surface area contributed by atoms with Crippen LogP contribution >= 0.6 is 11.8 Å². The Morgan fingerprint density at radius 1 is 0.619 bits per heavy atom. The van der Waals surface area contributed by atoms with E-state index >= 15 is 0 Å². The first kappa shape index (κ1) is 72.1. The highest BCUT2D eigenvalue weighted by Gasteiger charge is 2.64. The first-order chi connectivity index (χ1) is 46.6. The number of ether oxygens (including phenoxy) is 2. The Bertz CT molecular complexity index is 2990. The van der Waals surface area contributed by atoms with Crippen LogP contribution in [0.4, 0.5) is 4.79 Å². The van der Waals surface area contributed by atoms with Gasteiger partial charge in [0, 0.05) is 100.0 Å². The number of urea groups is 1. The number of likely N-dealkylation sites (tertiary alicyclic amines) is 2. The topological polar surface area (TPSA) is 220 Å². The van der Waals surface area contributed by atoms with E-state index in [2.05, 4.69) is 104 Å². The molecule has 2 spiro atoms. The summed E-state index contributed by atoms with van der Waals surface area (Å²) in [6.07, 6.45) is 33.2. The number of fused-ring (bicyclic) bond motifs is 13. The fourth-order valence-corrected chi connectivity index (χ4v) is 25.6. The van der Waals surface area contributed by atoms with Gasteiger partial charge in [0.1, 0.15) is 0 Å². The van der Waals surface area contributed by atoms with Crippen molar-refractivity contribution >= 4 is 35.5 Å². The maximum atomic E-state index is 12.9. The largest absolute Gasteiger partial charge is 0.393 e. The number of rotatable bonds is 22. The van der Waals surface area contributed by atoms with Crippen LogP contribution in [0.3, 0.4) is 0 Å². The molecule has 6 heterocycles. The van der Waals surface area contributed by atoms with Gasteiger partial charge in [0.2, 0.25) is 17.7 Å². The average Bonchev–Trinajstić information content (AvgIpc) is 1.55. The number of aliphatic hydroxyl groups excluding tert-OH is 2. The van der Waals surface area contributed by atoms with Crippen molar-refractivity contribution in [3.8, 4) is 0 Å². The van der Waals surface area contributed by atoms with Gasteiger partial charge in [-0.1, -0.05) is 95.2 Å². The molecule has 4 saturated carbocycles. The second kappa shape index (κ2) is 30.2. The van der Waals surface area contributed by atoms with E-state index in [4.69, 9.17) is 15.2 Å². The lowest BCUT2D eigenvalue weighted by Gasteiger charge is -2.49. The minimum Gasteiger partial charge on any atom is -0.393 e. The van der Waals surface area contributed by atoms with Crippen LogP contribution in [0.2, 0.25) is 0 Å². The van der Waals surface area contributed by atoms with Crippen LogP contribution < -0.4 is 32.3 Å². The quantitative estimate of drug-likeness (QED) is 0.0288. The number of unbranched alkanes of at least 4 members (excludes halogenated alkanes) is 5. The van der Waals surface area contributed by atoms with E-state index in [1.54, 1.807) is 27.9 Å². The minimum absolute atomic E-state index is 0.0472. The number of nitrogens with zero attached hydrogens (tertiary/aromatic N) is 2. The molecule has 6 aliphatic heterocycles. The predicted octanol–water partition coefficient (Wildman–Crippen LogP) is 11.6. The van der Waals surface area contributed by atoms with Crippen LogP contribution in [0, 0.1) is 70.0 Å². The number of nitrogens with two attached hydrogens (primary N) is 1. The molecule has 0 bridgehead atoms. The van der Waals surface area contributed by atoms with Crippen LogP contribution in [-0.2, 0) is 23.9 Å². The van der Waals surface area contributed by atoms with Gasteiger partial charge in [0.15, 0.2) is 0 Å². The molecule has 17 heteroatoms. The highest BCUT2D eigenvalue weighted by Crippen LogP contribution is 2.68. The molecule has 8 aliphatic carbocycles. The molecule has 6 saturated heterocycles. The molecule has 9 N–H and O–H groups in total. The summed E-state index contributed by atoms with van der Waals surface area (Å²) in [5, 5.41) is 36.8. The van der Waals surface area contributed by atoms with E-state index in [1.165, 1.54) is 44.1 Å². The Kier molecular flexibility index (Phi) is 22.4. The summed E-state index contributed by atoms with van der Waals surface area (Å²) in [6.45, 7) is 26.3. The summed E-state index contributed by atoms with van der Waals surface area (Å²) in [7, 11) is 0. The van der Waals surface area contributed by atoms with Gasteiger partial charge in [-0.15, -0.1) is 0 Å². The van der Waals surface area contributed by atoms with Crippen molar-refractivity contribution < 1.29 is 38.9 Å². The Hall–Kier alpha value is -3.29. The molecule has 542 valence electrons. The fraction of sp³-hybridized carbons (Fsp3) is 0.850. The van der Waals surface area contributed by atoms with Crippen molar-refractivity contribution in [3.63, 3.8) is 0 Å². The molecule has 14 rings (SSSR count). The number of aliphatic hydroxyl groups is 2. The maximum absolute atomic E-state index is 12.9. The first-order valence-electron chi connectivity index (χ1n) is 39.8. The van der Waals surface area contributed by atoms with Crippen molar-refractivity contribution in [1.82, 2.24) is 36.4 Å². The number of hydrogen-bond acceptors (Lipinski definition) is 12. The van der Waals surface area contributed by atoms with Crippen LogP contribution in [0.15, 0.2) is 45.6 Å². The normalized spacial score (nSPS) is 42.3. The zero-order valence-corrected chi connectivity index (χ0v) is 61.8. The summed E-state index contributed by atoms with van der Waals surface area (Å²) in [4.78, 5) is 54.5. The molecular formula is C80H128N8O8S. The number of hydrogen-bond donors (Lipinski definition) is 8. The van der Waals surface area contributed by atoms with E-state index in [-0.39, 0.29) is 82.3 Å². The Labute approximate surface area is 587 Å². The molecule has 14 aliphatic rings. The number of thioether (sulfide) groups is 1. The van der Waals surface area contributed by atoms with Crippen molar-refractivity contribution in [2.24, 2.45) is 75.7 Å². The van der Waals surface area contributed by atoms with E-state index < -0.39 is 0 Å². The number of piperidine rings is 2. The number of carbonyl (C=O) groups is 4. The highest BCUT2D eigenvalue weighted by atomic mass is 32.2. The van der Waals surface area contributed by atoms with Gasteiger partial charge in [0.05, 0.1) is 47.7 Å². The Morgan fingerprint density at radius 3 is 1.59 bits per heavy atom. The third-order valence-corrected chi connectivity index (χ3v) is 30.7. The average molecular weight is 1360 g/mol. The highest BCUT2D eigenvalue weighted by molar-refractivity contribution is 8.00. The van der Waals surface area contributed by atoms with E-state index in [9.17, 15) is 29.4 Å². The monoisotopic (exact) mass is 1360 g/mol. The van der Waals surface area contributed by atoms with E-state index in [1.807, 2.05) is 11.8 Å². The number of carbonyl (C=O) groups excluding carboxylic acids is 4. The molecule has 0 aromatic carbocycles. The lowest BCUT2D eigenvalue weighted by Crippen LogP contribution is -2.54. The maximum Gasteiger partial charge on any atom is 0.315 e. The molecular weight excluding hydrogens is 1230 g/mol. The molecule has 23 atom stereocenters. The van der Waals surface area contributed by atoms with Gasteiger partial charge in [-0.05, 0) is 231 Å². The standard InChI is InChI=1S/C45H71N5O5S.C35H57N3O3/c1-27-22-37-42(29(3)45(55-37)18-16-32-33-14-13-30-23-31(51)15-17-44(30,4)35(33)24-34(32)28(45)2)50(25-27)21-20-47-40(53)11-6-5-9-19-46-39(52)12-8-7-10-38-41-36(26-56-38)48-43(54)49-41;1-22-18-31-33(38(21-22)17-16-37-32(40)8-6-5-7-15-36)24(3)35(41-31)14-12-27-28-10-9-25-19-26(39)11-13-34(25,4)30(28)20-29(27)23(35)2/h13,27,29,31-33,35-38,41-42,51H,5-12,14-26H2,1-4H3,(H,46,52)(H,47,53)(H2,48,49,54);9,22,24,26-28,30-31,33,39H,5-8,10-21,36H2,1-4H3,(H,37,40)/t27-,29+,31-,32-,33-,35-,36-,37+,38?,41-,42-,44-,45?;22-,24+,26-,27-,28-,30-,31+,33-,34-,35?/m00/s1. The molecule has 0 aromatic rings. The van der Waals surface area contributed by atoms with Crippen LogP contribution in [0.25, 0.3) is 0 Å². The van der Waals surface area contributed by atoms with Crippen molar-refractivity contribution in [2.75, 3.05) is 58.1 Å². The van der Waals surface area contributed by atoms with Gasteiger partial charge in [0.25, 0.3) is 0 Å². The van der Waals surface area contributed by atoms with E-state index in [0.717, 1.165) is 178 Å². The van der Waals surface area contributed by atoms with Gasteiger partial charge in [-0.2, -0.15) is 11.8 Å². The lowest BCUT2D eigenvalue weighted by molar-refractivity contribution is -0.122. The zero-order chi connectivity index (χ0) is 68.1. The minimum atomic E-state index is -0.174. The molecule has 97 heavy (non-hydrogen) atoms. The Morgan fingerprint density at radius 2 is 1.09 bits per heavy atom. The predicted molar refractivity (Wildman–Crippen MR) is 386 cm³/mol. The second-order valence-electron chi connectivity index (χ2n) is 34.7. The zero-order valence-electron chi connectivity index (χ0n) is 61.0. The van der Waals surface area contributed by atoms with Crippen LogP contribution in [0.5, 0.6) is 0 Å². The smallest absolute Gasteiger partial charge is 0.315 e. The van der Waals surface area contributed by atoms with Gasteiger partial charge in [-0.3, -0.25) is 24.2 Å². The van der Waals surface area contributed by atoms with Crippen LogP contribution in [0.1, 0.15) is 235 Å². The fourth-order valence-electron chi connectivity index (χ4n) is 24.1. The third kappa shape index (κ3) is 14.2. The van der Waals surface area contributed by atoms with Crippen molar-refractivity contribution in [2.45, 2.75) is 300 Å². The lowest BCUT2D eigenvalue weighted by atomic mass is 9.56. The molecule has 10 fully saturated rings. The van der Waals surface area contributed by atoms with Gasteiger partial charge < -0.3 is 52.0 Å². The van der Waals surface area contributed by atoms with Crippen molar-refractivity contribution in [3.05, 3.63) is 45.6 Å². The molecule has 0 aromatic heterocycles. The van der Waals surface area contributed by atoms with Gasteiger partial charge in [-0.25, -0.2) is 4.79 Å². The molecule has 5 amide bonds. The van der Waals surface area contributed by atoms with Gasteiger partial charge >= 0.3 is 6.03 Å². The summed E-state index contributed by atoms with van der Waals surface area (Å²) >= 11 is 1.92. The summed E-state index contributed by atoms with van der Waals surface area (Å²) in [5.74, 6) is 7.73. The summed E-state index contributed by atoms with van der Waals surface area (Å²) in [5.41, 5.74) is 15.4. The molecule has 16 nitrogen and oxygen atoms in total. The number of allylic oxidation sites excluding steroid dienone is 4.